The van der Waals surface area contributed by atoms with Crippen LogP contribution in [0, 0.1) is 5.92 Å². The monoisotopic (exact) mass is 430 g/mol. The molecular weight excluding hydrogens is 409 g/mol. The number of alkyl halides is 3. The van der Waals surface area contributed by atoms with E-state index < -0.39 is 11.7 Å². The first-order chi connectivity index (χ1) is 14.9. The predicted molar refractivity (Wildman–Crippen MR) is 108 cm³/mol. The van der Waals surface area contributed by atoms with Gasteiger partial charge in [0.2, 0.25) is 11.8 Å². The second-order valence-corrected chi connectivity index (χ2v) is 7.39. The van der Waals surface area contributed by atoms with Crippen LogP contribution in [0.25, 0.3) is 11.5 Å². The Kier molecular flexibility index (Phi) is 5.92. The third-order valence-corrected chi connectivity index (χ3v) is 5.35. The van der Waals surface area contributed by atoms with Gasteiger partial charge in [-0.1, -0.05) is 41.5 Å². The van der Waals surface area contributed by atoms with Crippen LogP contribution in [-0.2, 0) is 17.5 Å². The number of nitrogens with zero attached hydrogens (tertiary/aromatic N) is 3. The van der Waals surface area contributed by atoms with Crippen LogP contribution in [0.4, 0.5) is 19.2 Å². The molecule has 1 amide bonds. The van der Waals surface area contributed by atoms with Gasteiger partial charge in [0.15, 0.2) is 0 Å². The van der Waals surface area contributed by atoms with E-state index in [9.17, 15) is 18.0 Å². The standard InChI is InChI=1S/C22H21F3N4O2/c23-22(24,25)18-9-5-4-8-17(18)14-26-19(30)15-10-12-29(13-11-15)21-28-27-20(31-21)16-6-2-1-3-7-16/h1-9,15H,10-14H2,(H,26,30). The highest BCUT2D eigenvalue weighted by Gasteiger charge is 2.33. The van der Waals surface area contributed by atoms with Crippen LogP contribution in [0.5, 0.6) is 0 Å². The van der Waals surface area contributed by atoms with Gasteiger partial charge in [0.1, 0.15) is 0 Å². The van der Waals surface area contributed by atoms with E-state index in [1.807, 2.05) is 35.2 Å². The van der Waals surface area contributed by atoms with Crippen LogP contribution in [0.15, 0.2) is 59.0 Å². The van der Waals surface area contributed by atoms with E-state index in [1.54, 1.807) is 0 Å². The van der Waals surface area contributed by atoms with Crippen LogP contribution in [0.1, 0.15) is 24.0 Å². The minimum Gasteiger partial charge on any atom is -0.403 e. The molecule has 1 aliphatic heterocycles. The summed E-state index contributed by atoms with van der Waals surface area (Å²) in [5.74, 6) is -0.0864. The second-order valence-electron chi connectivity index (χ2n) is 7.39. The Morgan fingerprint density at radius 3 is 2.42 bits per heavy atom. The highest BCUT2D eigenvalue weighted by atomic mass is 19.4. The third kappa shape index (κ3) is 4.87. The lowest BCUT2D eigenvalue weighted by molar-refractivity contribution is -0.138. The quantitative estimate of drug-likeness (QED) is 0.654. The normalized spacial score (nSPS) is 15.1. The fourth-order valence-electron chi connectivity index (χ4n) is 3.65. The number of piperidine rings is 1. The predicted octanol–water partition coefficient (Wildman–Crippen LogP) is 4.29. The van der Waals surface area contributed by atoms with E-state index >= 15 is 0 Å². The van der Waals surface area contributed by atoms with Gasteiger partial charge in [0.25, 0.3) is 0 Å². The number of hydrogen-bond donors (Lipinski definition) is 1. The minimum atomic E-state index is -4.45. The molecule has 0 atom stereocenters. The number of halogens is 3. The molecule has 0 aliphatic carbocycles. The molecule has 1 N–H and O–H groups in total. The average molecular weight is 430 g/mol. The van der Waals surface area contributed by atoms with E-state index in [0.29, 0.717) is 37.8 Å². The van der Waals surface area contributed by atoms with Gasteiger partial charge in [-0.05, 0) is 36.6 Å². The molecule has 0 unspecified atom stereocenters. The zero-order valence-corrected chi connectivity index (χ0v) is 16.6. The van der Waals surface area contributed by atoms with Crippen LogP contribution in [0.3, 0.4) is 0 Å². The molecule has 6 nitrogen and oxygen atoms in total. The Labute approximate surface area is 177 Å². The SMILES string of the molecule is O=C(NCc1ccccc1C(F)(F)F)C1CCN(c2nnc(-c3ccccc3)o2)CC1. The van der Waals surface area contributed by atoms with Crippen molar-refractivity contribution < 1.29 is 22.4 Å². The molecule has 0 spiro atoms. The van der Waals surface area contributed by atoms with E-state index in [2.05, 4.69) is 15.5 Å². The number of rotatable bonds is 5. The van der Waals surface area contributed by atoms with Crippen molar-refractivity contribution in [2.45, 2.75) is 25.6 Å². The lowest BCUT2D eigenvalue weighted by atomic mass is 9.96. The number of nitrogens with one attached hydrogen (secondary N) is 1. The summed E-state index contributed by atoms with van der Waals surface area (Å²) in [7, 11) is 0. The van der Waals surface area contributed by atoms with Gasteiger partial charge in [0.05, 0.1) is 5.56 Å². The molecule has 0 radical (unpaired) electrons. The van der Waals surface area contributed by atoms with Gasteiger partial charge < -0.3 is 14.6 Å². The van der Waals surface area contributed by atoms with E-state index in [0.717, 1.165) is 11.6 Å². The molecule has 3 aromatic rings. The molecule has 2 aromatic carbocycles. The van der Waals surface area contributed by atoms with Gasteiger partial charge >= 0.3 is 12.2 Å². The topological polar surface area (TPSA) is 71.3 Å². The van der Waals surface area contributed by atoms with Gasteiger partial charge in [-0.15, -0.1) is 5.10 Å². The van der Waals surface area contributed by atoms with Crippen LogP contribution in [0.2, 0.25) is 0 Å². The minimum absolute atomic E-state index is 0.0556. The molecule has 1 fully saturated rings. The number of carbonyl (C=O) groups excluding carboxylic acids is 1. The number of amides is 1. The number of hydrogen-bond acceptors (Lipinski definition) is 5. The number of carbonyl (C=O) groups is 1. The fourth-order valence-corrected chi connectivity index (χ4v) is 3.65. The van der Waals surface area contributed by atoms with E-state index in [4.69, 9.17) is 4.42 Å². The van der Waals surface area contributed by atoms with Crippen LogP contribution >= 0.6 is 0 Å². The summed E-state index contributed by atoms with van der Waals surface area (Å²) in [6, 6.07) is 15.1. The van der Waals surface area contributed by atoms with Crippen molar-refractivity contribution in [3.05, 3.63) is 65.7 Å². The van der Waals surface area contributed by atoms with Gasteiger partial charge in [0, 0.05) is 31.1 Å². The molecular formula is C22H21F3N4O2. The summed E-state index contributed by atoms with van der Waals surface area (Å²) in [5.41, 5.74) is 0.158. The first-order valence-electron chi connectivity index (χ1n) is 9.98. The number of aromatic nitrogens is 2. The molecule has 9 heteroatoms. The lowest BCUT2D eigenvalue weighted by Crippen LogP contribution is -2.40. The van der Waals surface area contributed by atoms with Crippen molar-refractivity contribution in [2.24, 2.45) is 5.92 Å². The maximum atomic E-state index is 13.1. The smallest absolute Gasteiger partial charge is 0.403 e. The fraction of sp³-hybridized carbons (Fsp3) is 0.318. The largest absolute Gasteiger partial charge is 0.416 e. The molecule has 162 valence electrons. The summed E-state index contributed by atoms with van der Waals surface area (Å²) in [6.07, 6.45) is -3.35. The summed E-state index contributed by atoms with van der Waals surface area (Å²) >= 11 is 0. The Balaban J connectivity index is 1.31. The molecule has 31 heavy (non-hydrogen) atoms. The molecule has 0 saturated carbocycles. The van der Waals surface area contributed by atoms with E-state index in [1.165, 1.54) is 18.2 Å². The summed E-state index contributed by atoms with van der Waals surface area (Å²) in [4.78, 5) is 14.4. The van der Waals surface area contributed by atoms with Gasteiger partial charge in [-0.2, -0.15) is 13.2 Å². The Morgan fingerprint density at radius 1 is 1.03 bits per heavy atom. The molecule has 0 bridgehead atoms. The van der Waals surface area contributed by atoms with Crippen molar-refractivity contribution in [1.82, 2.24) is 15.5 Å². The van der Waals surface area contributed by atoms with Crippen molar-refractivity contribution in [1.29, 1.82) is 0 Å². The molecule has 1 aromatic heterocycles. The first kappa shape index (κ1) is 20.9. The van der Waals surface area contributed by atoms with Crippen molar-refractivity contribution >= 4 is 11.9 Å². The van der Waals surface area contributed by atoms with Crippen molar-refractivity contribution in [2.75, 3.05) is 18.0 Å². The second kappa shape index (κ2) is 8.79. The first-order valence-corrected chi connectivity index (χ1v) is 9.98. The van der Waals surface area contributed by atoms with Gasteiger partial charge in [-0.25, -0.2) is 0 Å². The highest BCUT2D eigenvalue weighted by molar-refractivity contribution is 5.79. The summed E-state index contributed by atoms with van der Waals surface area (Å²) < 4.78 is 45.1. The maximum absolute atomic E-state index is 13.1. The Morgan fingerprint density at radius 2 is 1.71 bits per heavy atom. The van der Waals surface area contributed by atoms with Crippen molar-refractivity contribution in [3.63, 3.8) is 0 Å². The number of anilines is 1. The van der Waals surface area contributed by atoms with Crippen LogP contribution in [-0.4, -0.2) is 29.2 Å². The summed E-state index contributed by atoms with van der Waals surface area (Å²) in [5, 5.41) is 10.8. The number of benzene rings is 2. The average Bonchev–Trinajstić information content (AvgIpc) is 3.28. The molecule has 2 heterocycles. The summed E-state index contributed by atoms with van der Waals surface area (Å²) in [6.45, 7) is 0.945. The van der Waals surface area contributed by atoms with E-state index in [-0.39, 0.29) is 23.9 Å². The lowest BCUT2D eigenvalue weighted by Gasteiger charge is -2.29. The third-order valence-electron chi connectivity index (χ3n) is 5.35. The Bertz CT molecular complexity index is 1030. The zero-order valence-electron chi connectivity index (χ0n) is 16.6. The molecule has 4 rings (SSSR count). The molecule has 1 saturated heterocycles. The molecule has 1 aliphatic rings. The van der Waals surface area contributed by atoms with Gasteiger partial charge in [-0.3, -0.25) is 4.79 Å². The maximum Gasteiger partial charge on any atom is 0.416 e. The van der Waals surface area contributed by atoms with Crippen molar-refractivity contribution in [3.8, 4) is 11.5 Å². The van der Waals surface area contributed by atoms with Crippen LogP contribution < -0.4 is 10.2 Å². The zero-order chi connectivity index (χ0) is 21.8. The highest BCUT2D eigenvalue weighted by Crippen LogP contribution is 2.32. The Hall–Kier alpha value is -3.36.